The van der Waals surface area contributed by atoms with Crippen molar-refractivity contribution in [1.29, 1.82) is 0 Å². The third-order valence-corrected chi connectivity index (χ3v) is 5.37. The van der Waals surface area contributed by atoms with Crippen molar-refractivity contribution in [1.82, 2.24) is 9.97 Å². The normalized spacial score (nSPS) is 17.4. The van der Waals surface area contributed by atoms with Crippen LogP contribution < -0.4 is 10.6 Å². The molecule has 0 saturated heterocycles. The summed E-state index contributed by atoms with van der Waals surface area (Å²) in [5.41, 5.74) is 1.11. The van der Waals surface area contributed by atoms with E-state index >= 15 is 0 Å². The molecule has 0 spiro atoms. The minimum Gasteiger partial charge on any atom is -0.370 e. The van der Waals surface area contributed by atoms with Gasteiger partial charge in [-0.3, -0.25) is 0 Å². The van der Waals surface area contributed by atoms with Crippen molar-refractivity contribution in [3.8, 4) is 0 Å². The molecular weight excluding hydrogens is 256 g/mol. The van der Waals surface area contributed by atoms with Gasteiger partial charge in [-0.15, -0.1) is 0 Å². The van der Waals surface area contributed by atoms with Gasteiger partial charge in [-0.1, -0.05) is 12.8 Å². The van der Waals surface area contributed by atoms with Gasteiger partial charge in [0.25, 0.3) is 0 Å². The molecule has 0 aliphatic heterocycles. The molecular formula is C14H24N4S. The zero-order valence-electron chi connectivity index (χ0n) is 12.1. The van der Waals surface area contributed by atoms with Crippen LogP contribution in [0.15, 0.2) is 6.33 Å². The molecule has 0 atom stereocenters. The van der Waals surface area contributed by atoms with E-state index in [2.05, 4.69) is 40.7 Å². The number of rotatable bonds is 6. The summed E-state index contributed by atoms with van der Waals surface area (Å²) in [7, 11) is 0. The van der Waals surface area contributed by atoms with Gasteiger partial charge in [0.2, 0.25) is 0 Å². The highest BCUT2D eigenvalue weighted by molar-refractivity contribution is 8.00. The van der Waals surface area contributed by atoms with Crippen molar-refractivity contribution in [3.63, 3.8) is 0 Å². The van der Waals surface area contributed by atoms with Crippen LogP contribution in [0.2, 0.25) is 0 Å². The average Bonchev–Trinajstić information content (AvgIpc) is 2.89. The maximum absolute atomic E-state index is 4.38. The van der Waals surface area contributed by atoms with Crippen molar-refractivity contribution in [3.05, 3.63) is 11.9 Å². The summed E-state index contributed by atoms with van der Waals surface area (Å²) >= 11 is 2.00. The Bertz CT molecular complexity index is 416. The Morgan fingerprint density at radius 2 is 1.84 bits per heavy atom. The van der Waals surface area contributed by atoms with E-state index in [0.717, 1.165) is 30.3 Å². The molecule has 5 heteroatoms. The standard InChI is InChI=1S/C14H24N4S/c1-4-15-12-11(2)13(18-10-17-12)16-9-14(19-3)7-5-6-8-14/h10H,4-9H2,1-3H3,(H2,15,16,17,18). The maximum atomic E-state index is 4.38. The van der Waals surface area contributed by atoms with Crippen LogP contribution >= 0.6 is 11.8 Å². The lowest BCUT2D eigenvalue weighted by Gasteiger charge is -2.27. The molecule has 1 aromatic rings. The van der Waals surface area contributed by atoms with Gasteiger partial charge in [0.1, 0.15) is 18.0 Å². The Hall–Kier alpha value is -0.970. The smallest absolute Gasteiger partial charge is 0.134 e. The zero-order chi connectivity index (χ0) is 13.7. The van der Waals surface area contributed by atoms with Crippen LogP contribution in [0.1, 0.15) is 38.2 Å². The lowest BCUT2D eigenvalue weighted by Crippen LogP contribution is -2.30. The van der Waals surface area contributed by atoms with Crippen LogP contribution in [0.4, 0.5) is 11.6 Å². The predicted octanol–water partition coefficient (Wildman–Crippen LogP) is 3.30. The molecule has 2 N–H and O–H groups in total. The number of thioether (sulfide) groups is 1. The van der Waals surface area contributed by atoms with Gasteiger partial charge in [-0.05, 0) is 32.9 Å². The Morgan fingerprint density at radius 3 is 2.42 bits per heavy atom. The molecule has 106 valence electrons. The number of nitrogens with zero attached hydrogens (tertiary/aromatic N) is 2. The summed E-state index contributed by atoms with van der Waals surface area (Å²) in [6.07, 6.45) is 9.19. The van der Waals surface area contributed by atoms with E-state index in [1.807, 2.05) is 11.8 Å². The minimum absolute atomic E-state index is 0.399. The molecule has 0 amide bonds. The summed E-state index contributed by atoms with van der Waals surface area (Å²) in [6.45, 7) is 6.03. The van der Waals surface area contributed by atoms with Crippen molar-refractivity contribution >= 4 is 23.4 Å². The SMILES string of the molecule is CCNc1ncnc(NCC2(SC)CCCC2)c1C. The summed E-state index contributed by atoms with van der Waals surface area (Å²) in [5, 5.41) is 6.80. The molecule has 1 aliphatic rings. The Balaban J connectivity index is 2.04. The van der Waals surface area contributed by atoms with Gasteiger partial charge in [-0.25, -0.2) is 9.97 Å². The number of hydrogen-bond donors (Lipinski definition) is 2. The molecule has 1 aromatic heterocycles. The largest absolute Gasteiger partial charge is 0.370 e. The molecule has 4 nitrogen and oxygen atoms in total. The Morgan fingerprint density at radius 1 is 1.21 bits per heavy atom. The molecule has 0 radical (unpaired) electrons. The second kappa shape index (κ2) is 6.46. The first-order chi connectivity index (χ1) is 9.21. The first-order valence-corrected chi connectivity index (χ1v) is 8.28. The van der Waals surface area contributed by atoms with Crippen LogP contribution in [0.5, 0.6) is 0 Å². The van der Waals surface area contributed by atoms with E-state index in [9.17, 15) is 0 Å². The first kappa shape index (κ1) is 14.4. The minimum atomic E-state index is 0.399. The highest BCUT2D eigenvalue weighted by atomic mass is 32.2. The zero-order valence-corrected chi connectivity index (χ0v) is 12.9. The van der Waals surface area contributed by atoms with Gasteiger partial charge in [-0.2, -0.15) is 11.8 Å². The van der Waals surface area contributed by atoms with Crippen LogP contribution in [-0.2, 0) is 0 Å². The highest BCUT2D eigenvalue weighted by Crippen LogP contribution is 2.40. The third kappa shape index (κ3) is 3.32. The lowest BCUT2D eigenvalue weighted by molar-refractivity contribution is 0.638. The second-order valence-electron chi connectivity index (χ2n) is 5.17. The monoisotopic (exact) mass is 280 g/mol. The molecule has 19 heavy (non-hydrogen) atoms. The first-order valence-electron chi connectivity index (χ1n) is 7.05. The molecule has 0 unspecified atom stereocenters. The van der Waals surface area contributed by atoms with Gasteiger partial charge < -0.3 is 10.6 Å². The topological polar surface area (TPSA) is 49.8 Å². The third-order valence-electron chi connectivity index (χ3n) is 3.95. The number of anilines is 2. The number of hydrogen-bond acceptors (Lipinski definition) is 5. The van der Waals surface area contributed by atoms with Gasteiger partial charge >= 0.3 is 0 Å². The maximum Gasteiger partial charge on any atom is 0.134 e. The Labute approximate surface area is 120 Å². The van der Waals surface area contributed by atoms with Crippen LogP contribution in [0, 0.1) is 6.92 Å². The molecule has 0 aromatic carbocycles. The average molecular weight is 280 g/mol. The fraction of sp³-hybridized carbons (Fsp3) is 0.714. The Kier molecular flexibility index (Phi) is 4.91. The van der Waals surface area contributed by atoms with E-state index in [1.165, 1.54) is 25.7 Å². The molecule has 2 rings (SSSR count). The van der Waals surface area contributed by atoms with E-state index in [-0.39, 0.29) is 0 Å². The molecule has 1 heterocycles. The fourth-order valence-corrected chi connectivity index (χ4v) is 3.60. The second-order valence-corrected chi connectivity index (χ2v) is 6.45. The van der Waals surface area contributed by atoms with E-state index in [4.69, 9.17) is 0 Å². The highest BCUT2D eigenvalue weighted by Gasteiger charge is 2.32. The molecule has 1 fully saturated rings. The number of nitrogens with one attached hydrogen (secondary N) is 2. The van der Waals surface area contributed by atoms with Gasteiger partial charge in [0.15, 0.2) is 0 Å². The van der Waals surface area contributed by atoms with Crippen LogP contribution in [0.3, 0.4) is 0 Å². The molecule has 1 saturated carbocycles. The predicted molar refractivity (Wildman–Crippen MR) is 84.1 cm³/mol. The fourth-order valence-electron chi connectivity index (χ4n) is 2.69. The lowest BCUT2D eigenvalue weighted by atomic mass is 10.1. The van der Waals surface area contributed by atoms with Crippen molar-refractivity contribution < 1.29 is 0 Å². The van der Waals surface area contributed by atoms with Gasteiger partial charge in [0, 0.05) is 23.4 Å². The van der Waals surface area contributed by atoms with Crippen molar-refractivity contribution in [2.45, 2.75) is 44.3 Å². The molecule has 1 aliphatic carbocycles. The van der Waals surface area contributed by atoms with Crippen LogP contribution in [-0.4, -0.2) is 34.1 Å². The summed E-state index contributed by atoms with van der Waals surface area (Å²) in [6, 6.07) is 0. The van der Waals surface area contributed by atoms with E-state index in [0.29, 0.717) is 4.75 Å². The summed E-state index contributed by atoms with van der Waals surface area (Å²) < 4.78 is 0.399. The number of aromatic nitrogens is 2. The summed E-state index contributed by atoms with van der Waals surface area (Å²) in [5.74, 6) is 1.90. The van der Waals surface area contributed by atoms with Crippen molar-refractivity contribution in [2.75, 3.05) is 30.0 Å². The van der Waals surface area contributed by atoms with Crippen molar-refractivity contribution in [2.24, 2.45) is 0 Å². The molecule has 0 bridgehead atoms. The van der Waals surface area contributed by atoms with Crippen LogP contribution in [0.25, 0.3) is 0 Å². The van der Waals surface area contributed by atoms with E-state index < -0.39 is 0 Å². The summed E-state index contributed by atoms with van der Waals surface area (Å²) in [4.78, 5) is 8.65. The van der Waals surface area contributed by atoms with Gasteiger partial charge in [0.05, 0.1) is 0 Å². The van der Waals surface area contributed by atoms with E-state index in [1.54, 1.807) is 6.33 Å². The quantitative estimate of drug-likeness (QED) is 0.837.